The fourth-order valence-corrected chi connectivity index (χ4v) is 4.10. The van der Waals surface area contributed by atoms with Crippen molar-refractivity contribution >= 4 is 29.1 Å². The zero-order valence-electron chi connectivity index (χ0n) is 16.9. The summed E-state index contributed by atoms with van der Waals surface area (Å²) in [6.45, 7) is 0.911. The van der Waals surface area contributed by atoms with Gasteiger partial charge in [0.25, 0.3) is 5.91 Å². The summed E-state index contributed by atoms with van der Waals surface area (Å²) in [7, 11) is 0. The fraction of sp³-hybridized carbons (Fsp3) is 0.125. The second-order valence-corrected chi connectivity index (χ2v) is 8.21. The Hall–Kier alpha value is -3.35. The fourth-order valence-electron chi connectivity index (χ4n) is 3.64. The first-order chi connectivity index (χ1) is 15.6. The van der Waals surface area contributed by atoms with E-state index >= 15 is 0 Å². The van der Waals surface area contributed by atoms with Gasteiger partial charge in [0.05, 0.1) is 22.5 Å². The normalized spacial score (nSPS) is 12.9. The summed E-state index contributed by atoms with van der Waals surface area (Å²) in [6, 6.07) is 16.5. The van der Waals surface area contributed by atoms with Gasteiger partial charge in [0.1, 0.15) is 12.4 Å². The quantitative estimate of drug-likeness (QED) is 0.419. The standard InChI is InChI=1S/C24H18Cl2N4O2/c25-15-6-5-14(18(26)11-15)13-32-22-4-2-1-3-16(22)23-27-9-8-20(30-23)21-12-17-19(29-21)7-10-28-24(17)31/h1-6,8-9,11-12,29H,7,10,13H2,(H,28,31). The highest BCUT2D eigenvalue weighted by Gasteiger charge is 2.21. The highest BCUT2D eigenvalue weighted by atomic mass is 35.5. The van der Waals surface area contributed by atoms with E-state index in [0.29, 0.717) is 39.4 Å². The number of carbonyl (C=O) groups is 1. The van der Waals surface area contributed by atoms with Crippen LogP contribution in [0.3, 0.4) is 0 Å². The molecule has 2 aromatic carbocycles. The van der Waals surface area contributed by atoms with Gasteiger partial charge in [-0.1, -0.05) is 41.4 Å². The predicted molar refractivity (Wildman–Crippen MR) is 124 cm³/mol. The van der Waals surface area contributed by atoms with Crippen LogP contribution in [-0.2, 0) is 13.0 Å². The first kappa shape index (κ1) is 20.5. The number of nitrogens with zero attached hydrogens (tertiary/aromatic N) is 2. The molecule has 0 fully saturated rings. The summed E-state index contributed by atoms with van der Waals surface area (Å²) in [5, 5.41) is 3.98. The van der Waals surface area contributed by atoms with Gasteiger partial charge >= 0.3 is 0 Å². The minimum absolute atomic E-state index is 0.0670. The molecule has 6 nitrogen and oxygen atoms in total. The van der Waals surface area contributed by atoms with Gasteiger partial charge in [0, 0.05) is 40.5 Å². The van der Waals surface area contributed by atoms with Crippen LogP contribution in [0.15, 0.2) is 60.8 Å². The van der Waals surface area contributed by atoms with E-state index < -0.39 is 0 Å². The molecule has 4 aromatic rings. The number of halogens is 2. The number of carbonyl (C=O) groups excluding carboxylic acids is 1. The summed E-state index contributed by atoms with van der Waals surface area (Å²) in [6.07, 6.45) is 2.47. The van der Waals surface area contributed by atoms with Gasteiger partial charge in [-0.15, -0.1) is 0 Å². The van der Waals surface area contributed by atoms with Crippen LogP contribution in [0.25, 0.3) is 22.8 Å². The summed E-state index contributed by atoms with van der Waals surface area (Å²) in [5.74, 6) is 1.10. The Labute approximate surface area is 194 Å². The summed E-state index contributed by atoms with van der Waals surface area (Å²) in [4.78, 5) is 24.6. The summed E-state index contributed by atoms with van der Waals surface area (Å²) >= 11 is 12.3. The van der Waals surface area contributed by atoms with E-state index in [9.17, 15) is 4.79 Å². The molecule has 160 valence electrons. The lowest BCUT2D eigenvalue weighted by atomic mass is 10.1. The van der Waals surface area contributed by atoms with Gasteiger partial charge in [0.15, 0.2) is 5.82 Å². The summed E-state index contributed by atoms with van der Waals surface area (Å²) < 4.78 is 6.06. The lowest BCUT2D eigenvalue weighted by molar-refractivity contribution is 0.0946. The molecule has 3 heterocycles. The highest BCUT2D eigenvalue weighted by Crippen LogP contribution is 2.31. The van der Waals surface area contributed by atoms with Gasteiger partial charge in [-0.25, -0.2) is 9.97 Å². The third kappa shape index (κ3) is 4.07. The molecular formula is C24H18Cl2N4O2. The predicted octanol–water partition coefficient (Wildman–Crippen LogP) is 5.31. The van der Waals surface area contributed by atoms with E-state index in [1.165, 1.54) is 0 Å². The highest BCUT2D eigenvalue weighted by molar-refractivity contribution is 6.35. The monoisotopic (exact) mass is 464 g/mol. The topological polar surface area (TPSA) is 79.9 Å². The third-order valence-electron chi connectivity index (χ3n) is 5.26. The van der Waals surface area contributed by atoms with Crippen molar-refractivity contribution < 1.29 is 9.53 Å². The van der Waals surface area contributed by atoms with Crippen LogP contribution >= 0.6 is 23.2 Å². The largest absolute Gasteiger partial charge is 0.488 e. The Morgan fingerprint density at radius 1 is 1.03 bits per heavy atom. The number of aromatic nitrogens is 3. The molecule has 0 unspecified atom stereocenters. The van der Waals surface area contributed by atoms with Crippen LogP contribution in [0.4, 0.5) is 0 Å². The first-order valence-corrected chi connectivity index (χ1v) is 10.8. The van der Waals surface area contributed by atoms with Crippen molar-refractivity contribution in [2.75, 3.05) is 6.54 Å². The molecule has 1 aliphatic heterocycles. The molecule has 1 amide bonds. The van der Waals surface area contributed by atoms with E-state index in [1.807, 2.05) is 42.5 Å². The maximum Gasteiger partial charge on any atom is 0.253 e. The number of aromatic amines is 1. The van der Waals surface area contributed by atoms with Crippen molar-refractivity contribution in [1.29, 1.82) is 0 Å². The van der Waals surface area contributed by atoms with E-state index in [1.54, 1.807) is 18.3 Å². The van der Waals surface area contributed by atoms with Gasteiger partial charge in [-0.05, 0) is 36.4 Å². The molecule has 0 spiro atoms. The lowest BCUT2D eigenvalue weighted by Gasteiger charge is -2.12. The molecule has 0 saturated heterocycles. The Balaban J connectivity index is 1.44. The van der Waals surface area contributed by atoms with E-state index in [4.69, 9.17) is 32.9 Å². The van der Waals surface area contributed by atoms with E-state index in [0.717, 1.165) is 28.9 Å². The van der Waals surface area contributed by atoms with Crippen molar-refractivity contribution in [2.24, 2.45) is 0 Å². The molecule has 0 aliphatic carbocycles. The van der Waals surface area contributed by atoms with Gasteiger partial charge < -0.3 is 15.0 Å². The number of H-pyrrole nitrogens is 1. The van der Waals surface area contributed by atoms with Crippen molar-refractivity contribution in [3.05, 3.63) is 87.7 Å². The number of benzene rings is 2. The van der Waals surface area contributed by atoms with Crippen molar-refractivity contribution in [3.63, 3.8) is 0 Å². The number of fused-ring (bicyclic) bond motifs is 1. The summed E-state index contributed by atoms with van der Waals surface area (Å²) in [5.41, 5.74) is 4.65. The number of hydrogen-bond acceptors (Lipinski definition) is 4. The molecule has 2 N–H and O–H groups in total. The minimum atomic E-state index is -0.0670. The molecule has 5 rings (SSSR count). The van der Waals surface area contributed by atoms with Crippen molar-refractivity contribution in [2.45, 2.75) is 13.0 Å². The van der Waals surface area contributed by atoms with Crippen LogP contribution in [0.2, 0.25) is 10.0 Å². The zero-order valence-corrected chi connectivity index (χ0v) is 18.4. The second kappa shape index (κ2) is 8.65. The Morgan fingerprint density at radius 2 is 1.91 bits per heavy atom. The average molecular weight is 465 g/mol. The van der Waals surface area contributed by atoms with E-state index in [-0.39, 0.29) is 12.5 Å². The number of nitrogens with one attached hydrogen (secondary N) is 2. The third-order valence-corrected chi connectivity index (χ3v) is 5.85. The van der Waals surface area contributed by atoms with Crippen LogP contribution in [0.1, 0.15) is 21.6 Å². The molecule has 8 heteroatoms. The first-order valence-electron chi connectivity index (χ1n) is 10.1. The molecule has 0 atom stereocenters. The molecular weight excluding hydrogens is 447 g/mol. The van der Waals surface area contributed by atoms with Gasteiger partial charge in [-0.2, -0.15) is 0 Å². The lowest BCUT2D eigenvalue weighted by Crippen LogP contribution is -2.31. The zero-order chi connectivity index (χ0) is 22.1. The Kier molecular flexibility index (Phi) is 5.55. The molecule has 2 aromatic heterocycles. The van der Waals surface area contributed by atoms with Crippen LogP contribution in [0, 0.1) is 0 Å². The molecule has 0 saturated carbocycles. The maximum absolute atomic E-state index is 12.1. The number of hydrogen-bond donors (Lipinski definition) is 2. The minimum Gasteiger partial charge on any atom is -0.488 e. The SMILES string of the molecule is O=C1NCCc2[nH]c(-c3ccnc(-c4ccccc4OCc4ccc(Cl)cc4Cl)n3)cc21. The van der Waals surface area contributed by atoms with Crippen LogP contribution in [0.5, 0.6) is 5.75 Å². The number of rotatable bonds is 5. The van der Waals surface area contributed by atoms with Gasteiger partial charge in [-0.3, -0.25) is 4.79 Å². The number of amides is 1. The molecule has 32 heavy (non-hydrogen) atoms. The number of para-hydroxylation sites is 1. The molecule has 1 aliphatic rings. The second-order valence-electron chi connectivity index (χ2n) is 7.37. The number of ether oxygens (including phenoxy) is 1. The maximum atomic E-state index is 12.1. The average Bonchev–Trinajstić information content (AvgIpc) is 3.25. The smallest absolute Gasteiger partial charge is 0.253 e. The van der Waals surface area contributed by atoms with Gasteiger partial charge in [0.2, 0.25) is 0 Å². The van der Waals surface area contributed by atoms with Crippen LogP contribution in [-0.4, -0.2) is 27.4 Å². The van der Waals surface area contributed by atoms with Crippen molar-refractivity contribution in [1.82, 2.24) is 20.3 Å². The van der Waals surface area contributed by atoms with E-state index in [2.05, 4.69) is 15.3 Å². The molecule has 0 bridgehead atoms. The Bertz CT molecular complexity index is 1320. The molecule has 0 radical (unpaired) electrons. The Morgan fingerprint density at radius 3 is 2.75 bits per heavy atom. The van der Waals surface area contributed by atoms with Crippen molar-refractivity contribution in [3.8, 4) is 28.5 Å². The van der Waals surface area contributed by atoms with Crippen LogP contribution < -0.4 is 10.1 Å².